The van der Waals surface area contributed by atoms with Crippen LogP contribution in [0, 0.1) is 6.92 Å². The third-order valence-electron chi connectivity index (χ3n) is 19.9. The molecule has 8 aromatic carbocycles. The van der Waals surface area contributed by atoms with Gasteiger partial charge in [-0.1, -0.05) is 220 Å². The maximum atomic E-state index is 2.71. The van der Waals surface area contributed by atoms with Crippen molar-refractivity contribution in [2.45, 2.75) is 181 Å². The maximum Gasteiger partial charge on any atom is 0.252 e. The lowest BCUT2D eigenvalue weighted by molar-refractivity contribution is 0.332. The molecule has 0 unspecified atom stereocenters. The van der Waals surface area contributed by atoms with E-state index in [1.165, 1.54) is 142 Å². The van der Waals surface area contributed by atoms with Gasteiger partial charge in [-0.25, -0.2) is 0 Å². The zero-order valence-electron chi connectivity index (χ0n) is 50.8. The molecule has 2 aliphatic heterocycles. The summed E-state index contributed by atoms with van der Waals surface area (Å²) in [6.45, 7) is 40.9. The average molecular weight is 1040 g/mol. The molecule has 0 amide bonds. The lowest BCUT2D eigenvalue weighted by atomic mass is 9.33. The Morgan fingerprint density at radius 3 is 1.46 bits per heavy atom. The average Bonchev–Trinajstić information content (AvgIpc) is 2.65. The normalized spacial score (nSPS) is 17.6. The van der Waals surface area contributed by atoms with E-state index in [1.54, 1.807) is 0 Å². The van der Waals surface area contributed by atoms with Gasteiger partial charge in [0.05, 0.1) is 5.69 Å². The number of hydrogen-bond donors (Lipinski definition) is 0. The monoisotopic (exact) mass is 1040 g/mol. The van der Waals surface area contributed by atoms with Crippen molar-refractivity contribution >= 4 is 57.2 Å². The summed E-state index contributed by atoms with van der Waals surface area (Å²) in [6.07, 6.45) is 4.69. The molecule has 4 aliphatic rings. The first-order valence-corrected chi connectivity index (χ1v) is 29.7. The van der Waals surface area contributed by atoms with E-state index in [-0.39, 0.29) is 44.6 Å². The molecule has 3 heteroatoms. The molecule has 402 valence electrons. The highest BCUT2D eigenvalue weighted by Crippen LogP contribution is 2.54. The Morgan fingerprint density at radius 1 is 0.367 bits per heavy atom. The Hall–Kier alpha value is -6.58. The van der Waals surface area contributed by atoms with Crippen LogP contribution in [0.1, 0.15) is 187 Å². The van der Waals surface area contributed by atoms with E-state index >= 15 is 0 Å². The van der Waals surface area contributed by atoms with Crippen LogP contribution in [0.25, 0.3) is 22.3 Å². The van der Waals surface area contributed by atoms with Gasteiger partial charge >= 0.3 is 0 Å². The second-order valence-electron chi connectivity index (χ2n) is 29.7. The summed E-state index contributed by atoms with van der Waals surface area (Å²) >= 11 is 0. The molecule has 79 heavy (non-hydrogen) atoms. The SMILES string of the molecule is Cc1cc2c3c(c1)N(c1ccc(C(C)(C)C)cc1-c1ccc(-c4ccc(C(C)(C)C)cc4)cc1)c1cc(C(C)(C)c4ccccc4)ccc1B3c1cc3c(cc1N2c1ccc2c(c1)C(C)(C)CCC2(C)C)C(C)(C)CCC3(C)C. The number of hydrogen-bond acceptors (Lipinski definition) is 2. The number of anilines is 6. The lowest BCUT2D eigenvalue weighted by Gasteiger charge is -2.48. The fraction of sp³-hybridized carbons (Fsp3) is 0.368. The summed E-state index contributed by atoms with van der Waals surface area (Å²) in [5, 5.41) is 0. The van der Waals surface area contributed by atoms with Gasteiger partial charge in [-0.2, -0.15) is 0 Å². The third kappa shape index (κ3) is 8.74. The highest BCUT2D eigenvalue weighted by Gasteiger charge is 2.48. The highest BCUT2D eigenvalue weighted by molar-refractivity contribution is 7.00. The van der Waals surface area contributed by atoms with Crippen LogP contribution < -0.4 is 26.2 Å². The van der Waals surface area contributed by atoms with Gasteiger partial charge in [0.25, 0.3) is 6.71 Å². The number of aryl methyl sites for hydroxylation is 1. The Morgan fingerprint density at radius 2 is 0.861 bits per heavy atom. The van der Waals surface area contributed by atoms with Crippen LogP contribution >= 0.6 is 0 Å². The van der Waals surface area contributed by atoms with E-state index in [4.69, 9.17) is 0 Å². The van der Waals surface area contributed by atoms with Crippen LogP contribution in [0.3, 0.4) is 0 Å². The first kappa shape index (κ1) is 53.1. The molecule has 0 fully saturated rings. The minimum absolute atomic E-state index is 0.00242. The smallest absolute Gasteiger partial charge is 0.252 e. The first-order chi connectivity index (χ1) is 37.0. The van der Waals surface area contributed by atoms with Gasteiger partial charge < -0.3 is 9.80 Å². The number of nitrogens with zero attached hydrogens (tertiary/aromatic N) is 2. The molecule has 0 radical (unpaired) electrons. The number of rotatable bonds is 6. The summed E-state index contributed by atoms with van der Waals surface area (Å²) in [5.41, 5.74) is 29.2. The predicted molar refractivity (Wildman–Crippen MR) is 343 cm³/mol. The molecule has 0 N–H and O–H groups in total. The summed E-state index contributed by atoms with van der Waals surface area (Å²) in [4.78, 5) is 5.40. The molecule has 0 spiro atoms. The van der Waals surface area contributed by atoms with Gasteiger partial charge in [0, 0.05) is 39.4 Å². The van der Waals surface area contributed by atoms with Crippen LogP contribution in [0.15, 0.2) is 158 Å². The predicted octanol–water partition coefficient (Wildman–Crippen LogP) is 19.0. The van der Waals surface area contributed by atoms with Crippen molar-refractivity contribution in [2.24, 2.45) is 0 Å². The van der Waals surface area contributed by atoms with E-state index in [0.717, 1.165) is 6.42 Å². The summed E-state index contributed by atoms with van der Waals surface area (Å²) in [6, 6.07) is 62.6. The Bertz CT molecular complexity index is 3720. The summed E-state index contributed by atoms with van der Waals surface area (Å²) in [7, 11) is 0. The maximum absolute atomic E-state index is 2.71. The van der Waals surface area contributed by atoms with E-state index in [1.807, 2.05) is 0 Å². The molecule has 0 aromatic heterocycles. The minimum Gasteiger partial charge on any atom is -0.311 e. The van der Waals surface area contributed by atoms with E-state index in [9.17, 15) is 0 Å². The van der Waals surface area contributed by atoms with Crippen molar-refractivity contribution < 1.29 is 0 Å². The third-order valence-corrected chi connectivity index (χ3v) is 19.9. The molecule has 0 saturated carbocycles. The van der Waals surface area contributed by atoms with Crippen LogP contribution in [0.5, 0.6) is 0 Å². The lowest BCUT2D eigenvalue weighted by Crippen LogP contribution is -2.62. The summed E-state index contributed by atoms with van der Waals surface area (Å²) < 4.78 is 0. The molecule has 8 aromatic rings. The Labute approximate surface area is 475 Å². The van der Waals surface area contributed by atoms with Crippen molar-refractivity contribution in [1.82, 2.24) is 0 Å². The Kier molecular flexibility index (Phi) is 12.1. The largest absolute Gasteiger partial charge is 0.311 e. The van der Waals surface area contributed by atoms with E-state index in [2.05, 4.69) is 285 Å². The zero-order valence-corrected chi connectivity index (χ0v) is 50.8. The molecule has 12 rings (SSSR count). The molecular weight excluding hydrogens is 952 g/mol. The van der Waals surface area contributed by atoms with Crippen LogP contribution in [-0.2, 0) is 37.9 Å². The van der Waals surface area contributed by atoms with E-state index < -0.39 is 0 Å². The molecule has 0 saturated heterocycles. The van der Waals surface area contributed by atoms with Gasteiger partial charge in [-0.3, -0.25) is 0 Å². The van der Waals surface area contributed by atoms with Crippen molar-refractivity contribution in [2.75, 3.05) is 9.80 Å². The Balaban J connectivity index is 1.15. The molecule has 0 bridgehead atoms. The van der Waals surface area contributed by atoms with Gasteiger partial charge in [0.15, 0.2) is 0 Å². The van der Waals surface area contributed by atoms with Gasteiger partial charge in [-0.05, 0) is 197 Å². The molecule has 2 heterocycles. The van der Waals surface area contributed by atoms with Gasteiger partial charge in [0.1, 0.15) is 0 Å². The fourth-order valence-corrected chi connectivity index (χ4v) is 14.3. The fourth-order valence-electron chi connectivity index (χ4n) is 14.3. The topological polar surface area (TPSA) is 6.48 Å². The van der Waals surface area contributed by atoms with Crippen molar-refractivity contribution in [3.63, 3.8) is 0 Å². The van der Waals surface area contributed by atoms with Crippen LogP contribution in [-0.4, -0.2) is 6.71 Å². The second kappa shape index (κ2) is 18.0. The molecule has 0 atom stereocenters. The molecule has 2 aliphatic carbocycles. The number of fused-ring (bicyclic) bond motifs is 6. The van der Waals surface area contributed by atoms with Gasteiger partial charge in [-0.15, -0.1) is 0 Å². The summed E-state index contributed by atoms with van der Waals surface area (Å²) in [5.74, 6) is 0. The zero-order chi connectivity index (χ0) is 56.1. The molecular formula is C76H85BN2. The van der Waals surface area contributed by atoms with Crippen LogP contribution in [0.4, 0.5) is 34.1 Å². The van der Waals surface area contributed by atoms with Crippen molar-refractivity contribution in [3.05, 3.63) is 208 Å². The molecule has 2 nitrogen and oxygen atoms in total. The minimum atomic E-state index is -0.259. The number of benzene rings is 8. The van der Waals surface area contributed by atoms with Crippen LogP contribution in [0.2, 0.25) is 0 Å². The first-order valence-electron chi connectivity index (χ1n) is 29.7. The highest BCUT2D eigenvalue weighted by atomic mass is 15.2. The van der Waals surface area contributed by atoms with Crippen molar-refractivity contribution in [3.8, 4) is 22.3 Å². The quantitative estimate of drug-likeness (QED) is 0.153. The van der Waals surface area contributed by atoms with Crippen molar-refractivity contribution in [1.29, 1.82) is 0 Å². The second-order valence-corrected chi connectivity index (χ2v) is 29.7. The standard InChI is InChI=1S/C76H85BN2/c1-48-41-67-69-68(42-48)79(64-36-32-54(71(5,6)7)43-57(64)51-25-23-49(24-26-51)50-27-29-52(30-28-50)70(2,3)4)65-44-55(76(16,17)53-21-19-18-20-22-53)31-35-62(65)77(69)63-46-60-61(75(14,15)40-39-74(60,12)13)47-66(63)78(67)56-33-34-58-59(45-56)73(10,11)38-37-72(58,8)9/h18-36,41-47H,37-40H2,1-17H3. The van der Waals surface area contributed by atoms with Gasteiger partial charge in [0.2, 0.25) is 0 Å². The van der Waals surface area contributed by atoms with E-state index in [0.29, 0.717) is 0 Å².